The molecular formula is C49H61N9O6. The zero-order valence-corrected chi connectivity index (χ0v) is 37.8. The topological polar surface area (TPSA) is 178 Å². The van der Waals surface area contributed by atoms with Gasteiger partial charge in [0.25, 0.3) is 0 Å². The summed E-state index contributed by atoms with van der Waals surface area (Å²) >= 11 is 0. The van der Waals surface area contributed by atoms with Crippen LogP contribution in [-0.2, 0) is 19.1 Å². The van der Waals surface area contributed by atoms with Crippen molar-refractivity contribution in [3.05, 3.63) is 78.5 Å². The van der Waals surface area contributed by atoms with Gasteiger partial charge in [0.15, 0.2) is 0 Å². The SMILES string of the molecule is COC(=O)N[C@H](C(=O)N1CCCC1c1nc2ccc(-c3ccc(-c4cnc([C@@H]5CCCN5C(=O)[C@@H](NC(=O)OC)C(C)C)[nH]4)cc3-c3ccc(N4CCCCC4)cc3)cc2[nH]1)C(C)C. The Labute approximate surface area is 374 Å². The van der Waals surface area contributed by atoms with Gasteiger partial charge in [-0.05, 0) is 109 Å². The van der Waals surface area contributed by atoms with Gasteiger partial charge in [-0.25, -0.2) is 19.6 Å². The van der Waals surface area contributed by atoms with Crippen LogP contribution in [0.1, 0.15) is 96.4 Å². The number of carbonyl (C=O) groups is 4. The van der Waals surface area contributed by atoms with E-state index in [-0.39, 0.29) is 35.7 Å². The predicted molar refractivity (Wildman–Crippen MR) is 246 cm³/mol. The second kappa shape index (κ2) is 19.2. The molecular weight excluding hydrogens is 811 g/mol. The molecule has 0 bridgehead atoms. The third-order valence-electron chi connectivity index (χ3n) is 13.1. The molecule has 3 aliphatic rings. The molecule has 0 radical (unpaired) electrons. The van der Waals surface area contributed by atoms with Gasteiger partial charge in [-0.15, -0.1) is 0 Å². The third-order valence-corrected chi connectivity index (χ3v) is 13.1. The van der Waals surface area contributed by atoms with E-state index in [1.54, 1.807) is 0 Å². The highest BCUT2D eigenvalue weighted by atomic mass is 16.5. The first-order chi connectivity index (χ1) is 30.9. The van der Waals surface area contributed by atoms with Gasteiger partial charge in [0.2, 0.25) is 11.8 Å². The summed E-state index contributed by atoms with van der Waals surface area (Å²) in [7, 11) is 2.59. The standard InChI is InChI=1S/C49H61N9O6/c1-29(2)42(54-48(61)63-5)46(59)57-24-10-12-40(57)44-50-28-39(53-44)33-16-20-35(36(26-33)31-14-18-34(19-15-31)56-22-8-7-9-23-56)32-17-21-37-38(27-32)52-45(51-37)41-13-11-25-58(41)47(60)43(30(3)4)55-49(62)64-6/h14-21,26-30,40-43H,7-13,22-25H2,1-6H3,(H,50,53)(H,51,52)(H,54,61)(H,55,62)/t40-,41?,42-,43-/m0/s1. The number of hydrogen-bond acceptors (Lipinski definition) is 9. The Balaban J connectivity index is 1.11. The maximum atomic E-state index is 13.9. The molecule has 64 heavy (non-hydrogen) atoms. The number of H-pyrrole nitrogens is 2. The van der Waals surface area contributed by atoms with Crippen LogP contribution < -0.4 is 15.5 Å². The van der Waals surface area contributed by atoms with Crippen molar-refractivity contribution in [3.8, 4) is 33.5 Å². The predicted octanol–water partition coefficient (Wildman–Crippen LogP) is 8.37. The molecule has 3 fully saturated rings. The van der Waals surface area contributed by atoms with Crippen LogP contribution in [0.5, 0.6) is 0 Å². The van der Waals surface area contributed by atoms with E-state index in [2.05, 4.69) is 80.1 Å². The molecule has 15 heteroatoms. The van der Waals surface area contributed by atoms with Crippen molar-refractivity contribution in [1.82, 2.24) is 40.4 Å². The van der Waals surface area contributed by atoms with Crippen molar-refractivity contribution < 1.29 is 28.7 Å². The lowest BCUT2D eigenvalue weighted by Crippen LogP contribution is -2.51. The first kappa shape index (κ1) is 44.2. The molecule has 5 aromatic rings. The molecule has 5 heterocycles. The van der Waals surface area contributed by atoms with Gasteiger partial charge in [-0.3, -0.25) is 9.59 Å². The second-order valence-corrected chi connectivity index (χ2v) is 18.0. The summed E-state index contributed by atoms with van der Waals surface area (Å²) in [6.45, 7) is 10.9. The molecule has 15 nitrogen and oxygen atoms in total. The van der Waals surface area contributed by atoms with E-state index >= 15 is 0 Å². The number of amides is 4. The molecule has 0 saturated carbocycles. The number of piperidine rings is 1. The summed E-state index contributed by atoms with van der Waals surface area (Å²) < 4.78 is 9.65. The fourth-order valence-corrected chi connectivity index (χ4v) is 9.60. The number of hydrogen-bond donors (Lipinski definition) is 4. The van der Waals surface area contributed by atoms with Crippen molar-refractivity contribution >= 4 is 40.7 Å². The zero-order valence-electron chi connectivity index (χ0n) is 37.8. The first-order valence-corrected chi connectivity index (χ1v) is 22.8. The number of rotatable bonds is 12. The maximum absolute atomic E-state index is 13.9. The lowest BCUT2D eigenvalue weighted by Gasteiger charge is -2.30. The van der Waals surface area contributed by atoms with Crippen LogP contribution in [0.15, 0.2) is 66.9 Å². The van der Waals surface area contributed by atoms with Crippen molar-refractivity contribution in [1.29, 1.82) is 0 Å². The number of benzene rings is 3. The fourth-order valence-electron chi connectivity index (χ4n) is 9.60. The Morgan fingerprint density at radius 1 is 0.641 bits per heavy atom. The minimum atomic E-state index is -0.715. The summed E-state index contributed by atoms with van der Waals surface area (Å²) in [5.74, 6) is 0.878. The van der Waals surface area contributed by atoms with Crippen LogP contribution in [-0.4, -0.2) is 106 Å². The number of nitrogens with zero attached hydrogens (tertiary/aromatic N) is 5. The lowest BCUT2D eigenvalue weighted by molar-refractivity contribution is -0.136. The minimum Gasteiger partial charge on any atom is -0.453 e. The van der Waals surface area contributed by atoms with Crippen LogP contribution in [0.2, 0.25) is 0 Å². The minimum absolute atomic E-state index is 0.128. The highest BCUT2D eigenvalue weighted by Crippen LogP contribution is 2.40. The highest BCUT2D eigenvalue weighted by Gasteiger charge is 2.39. The number of ether oxygens (including phenoxy) is 2. The van der Waals surface area contributed by atoms with Crippen LogP contribution in [0.3, 0.4) is 0 Å². The lowest BCUT2D eigenvalue weighted by atomic mass is 9.92. The van der Waals surface area contributed by atoms with Crippen LogP contribution in [0.25, 0.3) is 44.5 Å². The number of aromatic nitrogens is 4. The van der Waals surface area contributed by atoms with E-state index in [9.17, 15) is 19.2 Å². The first-order valence-electron chi connectivity index (χ1n) is 22.8. The van der Waals surface area contributed by atoms with Crippen LogP contribution in [0, 0.1) is 11.8 Å². The van der Waals surface area contributed by atoms with E-state index in [4.69, 9.17) is 19.4 Å². The average molecular weight is 872 g/mol. The molecule has 0 aliphatic carbocycles. The zero-order chi connectivity index (χ0) is 45.1. The summed E-state index contributed by atoms with van der Waals surface area (Å²) in [6, 6.07) is 19.6. The van der Waals surface area contributed by atoms with Crippen molar-refractivity contribution in [2.75, 3.05) is 45.3 Å². The largest absolute Gasteiger partial charge is 0.453 e. The Kier molecular flexibility index (Phi) is 13.2. The Bertz CT molecular complexity index is 2470. The molecule has 4 amide bonds. The fraction of sp³-hybridized carbons (Fsp3) is 0.469. The van der Waals surface area contributed by atoms with Gasteiger partial charge in [0.1, 0.15) is 23.7 Å². The summed E-state index contributed by atoms with van der Waals surface area (Å²) in [6.07, 6.45) is 7.43. The molecule has 8 rings (SSSR count). The number of methoxy groups -OCH3 is 2. The molecule has 3 aliphatic heterocycles. The number of fused-ring (bicyclic) bond motifs is 1. The molecule has 3 saturated heterocycles. The van der Waals surface area contributed by atoms with Crippen molar-refractivity contribution in [3.63, 3.8) is 0 Å². The highest BCUT2D eigenvalue weighted by molar-refractivity contribution is 5.91. The average Bonchev–Trinajstić information content (AvgIpc) is 4.16. The van der Waals surface area contributed by atoms with Gasteiger partial charge in [0.05, 0.1) is 49.2 Å². The number of nitrogens with one attached hydrogen (secondary N) is 4. The Morgan fingerprint density at radius 2 is 1.22 bits per heavy atom. The van der Waals surface area contributed by atoms with E-state index in [1.165, 1.54) is 39.2 Å². The van der Waals surface area contributed by atoms with Crippen molar-refractivity contribution in [2.24, 2.45) is 11.8 Å². The molecule has 1 unspecified atom stereocenters. The number of anilines is 1. The molecule has 4 atom stereocenters. The van der Waals surface area contributed by atoms with Gasteiger partial charge < -0.3 is 44.8 Å². The number of alkyl carbamates (subject to hydrolysis) is 2. The number of imidazole rings is 2. The molecule has 3 aromatic carbocycles. The summed E-state index contributed by atoms with van der Waals surface area (Å²) in [4.78, 5) is 75.1. The van der Waals surface area contributed by atoms with Gasteiger partial charge in [-0.2, -0.15) is 0 Å². The van der Waals surface area contributed by atoms with E-state index in [0.29, 0.717) is 18.9 Å². The smallest absolute Gasteiger partial charge is 0.407 e. The van der Waals surface area contributed by atoms with E-state index in [1.807, 2.05) is 49.8 Å². The van der Waals surface area contributed by atoms with Gasteiger partial charge >= 0.3 is 12.2 Å². The molecule has 338 valence electrons. The van der Waals surface area contributed by atoms with Gasteiger partial charge in [-0.1, -0.05) is 58.0 Å². The summed E-state index contributed by atoms with van der Waals surface area (Å²) in [5.41, 5.74) is 8.88. The Hall–Kier alpha value is -6.38. The maximum Gasteiger partial charge on any atom is 0.407 e. The third kappa shape index (κ3) is 9.16. The quantitative estimate of drug-likeness (QED) is 0.0959. The Morgan fingerprint density at radius 3 is 1.81 bits per heavy atom. The number of aromatic amines is 2. The van der Waals surface area contributed by atoms with Gasteiger partial charge in [0, 0.05) is 37.4 Å². The molecule has 0 spiro atoms. The van der Waals surface area contributed by atoms with E-state index in [0.717, 1.165) is 89.1 Å². The van der Waals surface area contributed by atoms with Crippen LogP contribution in [0.4, 0.5) is 15.3 Å². The van der Waals surface area contributed by atoms with Crippen molar-refractivity contribution in [2.45, 2.75) is 96.8 Å². The second-order valence-electron chi connectivity index (χ2n) is 18.0. The number of likely N-dealkylation sites (tertiary alicyclic amines) is 2. The summed E-state index contributed by atoms with van der Waals surface area (Å²) in [5, 5.41) is 5.46. The number of carbonyl (C=O) groups excluding carboxylic acids is 4. The molecule has 2 aromatic heterocycles. The van der Waals surface area contributed by atoms with E-state index < -0.39 is 24.3 Å². The van der Waals surface area contributed by atoms with Crippen LogP contribution >= 0.6 is 0 Å². The normalized spacial score (nSPS) is 18.7. The molecule has 4 N–H and O–H groups in total. The monoisotopic (exact) mass is 871 g/mol.